The number of likely N-dealkylation sites (tertiary alicyclic amines) is 1. The summed E-state index contributed by atoms with van der Waals surface area (Å²) < 4.78 is 6.29. The van der Waals surface area contributed by atoms with Gasteiger partial charge in [0.15, 0.2) is 0 Å². The average molecular weight is 390 g/mol. The fourth-order valence-corrected chi connectivity index (χ4v) is 4.59. The van der Waals surface area contributed by atoms with Gasteiger partial charge in [-0.1, -0.05) is 18.6 Å². The molecule has 1 aliphatic heterocycles. The summed E-state index contributed by atoms with van der Waals surface area (Å²) in [5, 5.41) is 4.21. The molecule has 0 aliphatic carbocycles. The maximum atomic E-state index is 6.29. The zero-order chi connectivity index (χ0) is 18.8. The molecule has 28 heavy (non-hydrogen) atoms. The highest BCUT2D eigenvalue weighted by atomic mass is 32.1. The van der Waals surface area contributed by atoms with Gasteiger partial charge in [-0.3, -0.25) is 4.90 Å². The predicted octanol–water partition coefficient (Wildman–Crippen LogP) is 6.07. The van der Waals surface area contributed by atoms with Crippen molar-refractivity contribution in [2.75, 3.05) is 13.1 Å². The lowest BCUT2D eigenvalue weighted by molar-refractivity contribution is 0.221. The van der Waals surface area contributed by atoms with Crippen LogP contribution in [0.1, 0.15) is 24.8 Å². The lowest BCUT2D eigenvalue weighted by atomic mass is 10.1. The number of hydrogen-bond donors (Lipinski definition) is 1. The summed E-state index contributed by atoms with van der Waals surface area (Å²) in [7, 11) is 0. The molecule has 0 atom stereocenters. The van der Waals surface area contributed by atoms with Crippen LogP contribution in [0.5, 0.6) is 11.5 Å². The van der Waals surface area contributed by atoms with E-state index in [1.807, 2.05) is 35.8 Å². The molecule has 4 nitrogen and oxygen atoms in total. The van der Waals surface area contributed by atoms with Gasteiger partial charge in [0.1, 0.15) is 16.5 Å². The fraction of sp³-hybridized carbons (Fsp3) is 0.261. The molecular formula is C23H23N3OS. The maximum Gasteiger partial charge on any atom is 0.137 e. The molecule has 0 spiro atoms. The number of piperidine rings is 1. The van der Waals surface area contributed by atoms with Crippen molar-refractivity contribution in [1.29, 1.82) is 0 Å². The third-order valence-electron chi connectivity index (χ3n) is 5.36. The summed E-state index contributed by atoms with van der Waals surface area (Å²) in [5.74, 6) is 1.70. The van der Waals surface area contributed by atoms with Crippen molar-refractivity contribution in [2.24, 2.45) is 0 Å². The maximum absolute atomic E-state index is 6.29. The number of nitrogens with one attached hydrogen (secondary N) is 1. The minimum absolute atomic E-state index is 0.838. The molecule has 0 radical (unpaired) electrons. The molecule has 5 rings (SSSR count). The van der Waals surface area contributed by atoms with E-state index in [9.17, 15) is 0 Å². The lowest BCUT2D eigenvalue weighted by Crippen LogP contribution is -2.28. The standard InChI is InChI=1S/C23H23N3OS/c1-4-11-26(12-5-1)16-17-15-25-21-9-8-18(14-20(17)21)27-22-7-3-2-6-19(22)23-24-10-13-28-23/h2-3,6-10,13-15,25H,1,4-5,11-12,16H2. The number of aromatic amines is 1. The number of benzene rings is 2. The number of ether oxygens (including phenoxy) is 1. The van der Waals surface area contributed by atoms with Gasteiger partial charge in [-0.15, -0.1) is 11.3 Å². The van der Waals surface area contributed by atoms with Gasteiger partial charge in [0.2, 0.25) is 0 Å². The van der Waals surface area contributed by atoms with Crippen molar-refractivity contribution in [3.63, 3.8) is 0 Å². The molecule has 0 saturated carbocycles. The van der Waals surface area contributed by atoms with E-state index >= 15 is 0 Å². The van der Waals surface area contributed by atoms with Crippen molar-refractivity contribution in [2.45, 2.75) is 25.8 Å². The molecule has 3 heterocycles. The van der Waals surface area contributed by atoms with Crippen LogP contribution in [0.3, 0.4) is 0 Å². The molecule has 0 bridgehead atoms. The topological polar surface area (TPSA) is 41.1 Å². The summed E-state index contributed by atoms with van der Waals surface area (Å²) >= 11 is 1.62. The Balaban J connectivity index is 1.43. The highest BCUT2D eigenvalue weighted by Gasteiger charge is 2.14. The first-order valence-electron chi connectivity index (χ1n) is 9.86. The van der Waals surface area contributed by atoms with E-state index in [0.717, 1.165) is 34.1 Å². The van der Waals surface area contributed by atoms with E-state index < -0.39 is 0 Å². The van der Waals surface area contributed by atoms with Gasteiger partial charge >= 0.3 is 0 Å². The number of para-hydroxylation sites is 1. The second kappa shape index (κ2) is 7.78. The van der Waals surface area contributed by atoms with Crippen LogP contribution in [0.15, 0.2) is 60.2 Å². The van der Waals surface area contributed by atoms with Crippen LogP contribution in [-0.2, 0) is 6.54 Å². The molecular weight excluding hydrogens is 366 g/mol. The Morgan fingerprint density at radius 3 is 2.82 bits per heavy atom. The van der Waals surface area contributed by atoms with Gasteiger partial charge in [-0.2, -0.15) is 0 Å². The van der Waals surface area contributed by atoms with Crippen molar-refractivity contribution in [3.05, 3.63) is 65.8 Å². The van der Waals surface area contributed by atoms with Crippen molar-refractivity contribution >= 4 is 22.2 Å². The molecule has 0 unspecified atom stereocenters. The molecule has 2 aromatic heterocycles. The van der Waals surface area contributed by atoms with Crippen LogP contribution in [0.25, 0.3) is 21.5 Å². The molecule has 1 aliphatic rings. The Morgan fingerprint density at radius 1 is 1.07 bits per heavy atom. The Labute approximate surface area is 168 Å². The third kappa shape index (κ3) is 3.55. The highest BCUT2D eigenvalue weighted by molar-refractivity contribution is 7.13. The van der Waals surface area contributed by atoms with Crippen LogP contribution in [0, 0.1) is 0 Å². The normalized spacial score (nSPS) is 15.1. The molecule has 0 amide bonds. The molecule has 2 aromatic carbocycles. The quantitative estimate of drug-likeness (QED) is 0.450. The van der Waals surface area contributed by atoms with E-state index in [1.54, 1.807) is 11.3 Å². The second-order valence-corrected chi connectivity index (χ2v) is 8.19. The fourth-order valence-electron chi connectivity index (χ4n) is 3.93. The number of thiazole rings is 1. The van der Waals surface area contributed by atoms with E-state index in [4.69, 9.17) is 4.74 Å². The summed E-state index contributed by atoms with van der Waals surface area (Å²) in [6, 6.07) is 14.4. The molecule has 5 heteroatoms. The Morgan fingerprint density at radius 2 is 1.96 bits per heavy atom. The van der Waals surface area contributed by atoms with Crippen molar-refractivity contribution < 1.29 is 4.74 Å². The molecule has 1 fully saturated rings. The van der Waals surface area contributed by atoms with Gasteiger partial charge in [0, 0.05) is 35.2 Å². The van der Waals surface area contributed by atoms with E-state index in [1.165, 1.54) is 43.3 Å². The minimum Gasteiger partial charge on any atom is -0.457 e. The number of rotatable bonds is 5. The van der Waals surface area contributed by atoms with Crippen LogP contribution in [0.4, 0.5) is 0 Å². The molecule has 1 N–H and O–H groups in total. The van der Waals surface area contributed by atoms with Crippen LogP contribution < -0.4 is 4.74 Å². The van der Waals surface area contributed by atoms with Gasteiger partial charge in [-0.25, -0.2) is 4.98 Å². The first kappa shape index (κ1) is 17.5. The number of H-pyrrole nitrogens is 1. The lowest BCUT2D eigenvalue weighted by Gasteiger charge is -2.26. The minimum atomic E-state index is 0.838. The molecule has 1 saturated heterocycles. The first-order chi connectivity index (χ1) is 13.9. The summed E-state index contributed by atoms with van der Waals surface area (Å²) in [6.07, 6.45) is 7.96. The number of aromatic nitrogens is 2. The first-order valence-corrected chi connectivity index (χ1v) is 10.7. The van der Waals surface area contributed by atoms with Crippen molar-refractivity contribution in [3.8, 4) is 22.1 Å². The van der Waals surface area contributed by atoms with Crippen LogP contribution in [-0.4, -0.2) is 28.0 Å². The summed E-state index contributed by atoms with van der Waals surface area (Å²) in [5.41, 5.74) is 3.53. The SMILES string of the molecule is c1ccc(-c2nccs2)c(Oc2ccc3[nH]cc(CN4CCCCC4)c3c2)c1. The number of nitrogens with zero attached hydrogens (tertiary/aromatic N) is 2. The van der Waals surface area contributed by atoms with Crippen molar-refractivity contribution in [1.82, 2.24) is 14.9 Å². The summed E-state index contributed by atoms with van der Waals surface area (Å²) in [6.45, 7) is 3.40. The Bertz CT molecular complexity index is 1060. The van der Waals surface area contributed by atoms with Gasteiger partial charge in [-0.05, 0) is 61.8 Å². The van der Waals surface area contributed by atoms with Gasteiger partial charge in [0.05, 0.1) is 5.56 Å². The summed E-state index contributed by atoms with van der Waals surface area (Å²) in [4.78, 5) is 10.4. The van der Waals surface area contributed by atoms with E-state index in [2.05, 4.69) is 39.3 Å². The number of hydrogen-bond acceptors (Lipinski definition) is 4. The van der Waals surface area contributed by atoms with E-state index in [-0.39, 0.29) is 0 Å². The monoisotopic (exact) mass is 389 g/mol. The molecule has 4 aromatic rings. The smallest absolute Gasteiger partial charge is 0.137 e. The van der Waals surface area contributed by atoms with Crippen LogP contribution in [0.2, 0.25) is 0 Å². The number of fused-ring (bicyclic) bond motifs is 1. The third-order valence-corrected chi connectivity index (χ3v) is 6.17. The van der Waals surface area contributed by atoms with Gasteiger partial charge in [0.25, 0.3) is 0 Å². The highest BCUT2D eigenvalue weighted by Crippen LogP contribution is 2.35. The van der Waals surface area contributed by atoms with E-state index in [0.29, 0.717) is 0 Å². The Kier molecular flexibility index (Phi) is 4.85. The zero-order valence-corrected chi connectivity index (χ0v) is 16.5. The van der Waals surface area contributed by atoms with Crippen LogP contribution >= 0.6 is 11.3 Å². The average Bonchev–Trinajstić information content (AvgIpc) is 3.40. The largest absolute Gasteiger partial charge is 0.457 e. The molecule has 142 valence electrons. The van der Waals surface area contributed by atoms with Gasteiger partial charge < -0.3 is 9.72 Å². The Hall–Kier alpha value is -2.63. The zero-order valence-electron chi connectivity index (χ0n) is 15.7. The second-order valence-electron chi connectivity index (χ2n) is 7.29. The predicted molar refractivity (Wildman–Crippen MR) is 115 cm³/mol.